The standard InChI is InChI=1S/C24H30N2/c1-3-4-7-17(2)26-23-9-6-5-8-21(23)22-16-19(12-15-24(22)26)18-10-13-20(25)14-11-18/h5-6,8-10,12-15,17-18,22H,3-4,7,11,16,25H2,1-2H3. The molecule has 3 unspecified atom stereocenters. The van der Waals surface area contributed by atoms with Crippen LogP contribution in [0.4, 0.5) is 5.69 Å². The second-order valence-corrected chi connectivity index (χ2v) is 7.92. The summed E-state index contributed by atoms with van der Waals surface area (Å²) in [5.74, 6) is 1.01. The van der Waals surface area contributed by atoms with Crippen molar-refractivity contribution < 1.29 is 0 Å². The van der Waals surface area contributed by atoms with Gasteiger partial charge in [0.05, 0.1) is 0 Å². The Hall–Kier alpha value is -2.22. The molecule has 4 rings (SSSR count). The smallest absolute Gasteiger partial charge is 0.0450 e. The topological polar surface area (TPSA) is 29.3 Å². The highest BCUT2D eigenvalue weighted by atomic mass is 15.2. The summed E-state index contributed by atoms with van der Waals surface area (Å²) in [5, 5.41) is 0. The third-order valence-electron chi connectivity index (χ3n) is 6.14. The second-order valence-electron chi connectivity index (χ2n) is 7.92. The molecule has 1 heterocycles. The van der Waals surface area contributed by atoms with Gasteiger partial charge in [-0.3, -0.25) is 0 Å². The zero-order valence-corrected chi connectivity index (χ0v) is 16.0. The first kappa shape index (κ1) is 17.2. The molecule has 1 aliphatic heterocycles. The first-order chi connectivity index (χ1) is 12.7. The molecular formula is C24H30N2. The van der Waals surface area contributed by atoms with Crippen molar-refractivity contribution in [3.05, 3.63) is 77.2 Å². The number of anilines is 1. The fourth-order valence-corrected chi connectivity index (χ4v) is 4.68. The number of hydrogen-bond acceptors (Lipinski definition) is 2. The number of allylic oxidation sites excluding steroid dienone is 7. The van der Waals surface area contributed by atoms with Crippen molar-refractivity contribution in [3.8, 4) is 0 Å². The number of nitrogens with zero attached hydrogens (tertiary/aromatic N) is 1. The van der Waals surface area contributed by atoms with Crippen LogP contribution in [0.3, 0.4) is 0 Å². The number of para-hydroxylation sites is 1. The third kappa shape index (κ3) is 3.02. The Kier molecular flexibility index (Phi) is 4.76. The van der Waals surface area contributed by atoms with Crippen molar-refractivity contribution in [2.24, 2.45) is 11.7 Å². The van der Waals surface area contributed by atoms with Gasteiger partial charge in [0.2, 0.25) is 0 Å². The first-order valence-electron chi connectivity index (χ1n) is 10.1. The fourth-order valence-electron chi connectivity index (χ4n) is 4.68. The summed E-state index contributed by atoms with van der Waals surface area (Å²) in [6.07, 6.45) is 17.2. The number of nitrogens with two attached hydrogens (primary N) is 1. The van der Waals surface area contributed by atoms with Gasteiger partial charge in [0, 0.05) is 35.0 Å². The molecule has 2 aliphatic carbocycles. The van der Waals surface area contributed by atoms with Crippen LogP contribution in [0.25, 0.3) is 0 Å². The van der Waals surface area contributed by atoms with E-state index >= 15 is 0 Å². The Bertz CT molecular complexity index is 796. The molecule has 1 aromatic rings. The molecule has 1 aromatic carbocycles. The summed E-state index contributed by atoms with van der Waals surface area (Å²) in [7, 11) is 0. The highest BCUT2D eigenvalue weighted by Gasteiger charge is 2.37. The molecule has 0 spiro atoms. The van der Waals surface area contributed by atoms with Crippen LogP contribution in [0.2, 0.25) is 0 Å². The largest absolute Gasteiger partial charge is 0.399 e. The predicted octanol–water partition coefficient (Wildman–Crippen LogP) is 5.80. The Labute approximate surface area is 157 Å². The summed E-state index contributed by atoms with van der Waals surface area (Å²) in [5.41, 5.74) is 12.8. The van der Waals surface area contributed by atoms with Crippen LogP contribution in [0.1, 0.15) is 57.4 Å². The SMILES string of the molecule is CCCCC(C)N1C2=CC=C(C3C=CC(N)=CC3)CC2c2ccccc21. The molecule has 0 aromatic heterocycles. The summed E-state index contributed by atoms with van der Waals surface area (Å²) in [4.78, 5) is 2.61. The van der Waals surface area contributed by atoms with E-state index in [0.29, 0.717) is 17.9 Å². The van der Waals surface area contributed by atoms with Crippen molar-refractivity contribution >= 4 is 5.69 Å². The van der Waals surface area contributed by atoms with Gasteiger partial charge in [-0.05, 0) is 50.0 Å². The van der Waals surface area contributed by atoms with Crippen molar-refractivity contribution in [1.82, 2.24) is 0 Å². The molecule has 136 valence electrons. The molecule has 3 atom stereocenters. The minimum absolute atomic E-state index is 0.499. The van der Waals surface area contributed by atoms with Crippen molar-refractivity contribution in [2.75, 3.05) is 4.90 Å². The van der Waals surface area contributed by atoms with Gasteiger partial charge in [-0.2, -0.15) is 0 Å². The van der Waals surface area contributed by atoms with Gasteiger partial charge in [-0.1, -0.05) is 61.8 Å². The predicted molar refractivity (Wildman–Crippen MR) is 111 cm³/mol. The second kappa shape index (κ2) is 7.19. The molecule has 26 heavy (non-hydrogen) atoms. The van der Waals surface area contributed by atoms with E-state index < -0.39 is 0 Å². The molecule has 0 saturated carbocycles. The summed E-state index contributed by atoms with van der Waals surface area (Å²) in [6, 6.07) is 9.57. The highest BCUT2D eigenvalue weighted by Crippen LogP contribution is 2.50. The molecule has 0 saturated heterocycles. The normalized spacial score (nSPS) is 25.2. The van der Waals surface area contributed by atoms with Crippen LogP contribution in [-0.4, -0.2) is 6.04 Å². The number of rotatable bonds is 5. The average molecular weight is 347 g/mol. The third-order valence-corrected chi connectivity index (χ3v) is 6.14. The van der Waals surface area contributed by atoms with Crippen LogP contribution in [0.15, 0.2) is 71.6 Å². The van der Waals surface area contributed by atoms with Gasteiger partial charge in [-0.15, -0.1) is 0 Å². The van der Waals surface area contributed by atoms with Gasteiger partial charge >= 0.3 is 0 Å². The zero-order chi connectivity index (χ0) is 18.1. The zero-order valence-electron chi connectivity index (χ0n) is 16.0. The monoisotopic (exact) mass is 346 g/mol. The summed E-state index contributed by atoms with van der Waals surface area (Å²) in [6.45, 7) is 4.66. The lowest BCUT2D eigenvalue weighted by Crippen LogP contribution is -2.31. The number of benzene rings is 1. The van der Waals surface area contributed by atoms with Gasteiger partial charge < -0.3 is 10.6 Å². The molecule has 0 bridgehead atoms. The van der Waals surface area contributed by atoms with Crippen molar-refractivity contribution in [1.29, 1.82) is 0 Å². The van der Waals surface area contributed by atoms with E-state index in [2.05, 4.69) is 73.4 Å². The van der Waals surface area contributed by atoms with E-state index in [4.69, 9.17) is 5.73 Å². The van der Waals surface area contributed by atoms with Gasteiger partial charge in [0.15, 0.2) is 0 Å². The Morgan fingerprint density at radius 2 is 2.08 bits per heavy atom. The first-order valence-corrected chi connectivity index (χ1v) is 10.1. The Morgan fingerprint density at radius 3 is 2.85 bits per heavy atom. The van der Waals surface area contributed by atoms with E-state index in [0.717, 1.165) is 18.5 Å². The maximum atomic E-state index is 5.90. The fraction of sp³-hybridized carbons (Fsp3) is 0.417. The highest BCUT2D eigenvalue weighted by molar-refractivity contribution is 5.70. The molecule has 0 radical (unpaired) electrons. The minimum Gasteiger partial charge on any atom is -0.399 e. The van der Waals surface area contributed by atoms with Crippen LogP contribution in [0.5, 0.6) is 0 Å². The average Bonchev–Trinajstić information content (AvgIpc) is 3.00. The molecule has 0 fully saturated rings. The molecule has 2 N–H and O–H groups in total. The van der Waals surface area contributed by atoms with E-state index in [1.54, 1.807) is 0 Å². The lowest BCUT2D eigenvalue weighted by Gasteiger charge is -2.32. The van der Waals surface area contributed by atoms with E-state index in [9.17, 15) is 0 Å². The lowest BCUT2D eigenvalue weighted by molar-refractivity contribution is 0.577. The van der Waals surface area contributed by atoms with Crippen molar-refractivity contribution in [3.63, 3.8) is 0 Å². The minimum atomic E-state index is 0.499. The van der Waals surface area contributed by atoms with Crippen LogP contribution < -0.4 is 10.6 Å². The molecule has 2 heteroatoms. The van der Waals surface area contributed by atoms with Crippen molar-refractivity contribution in [2.45, 2.75) is 57.9 Å². The maximum Gasteiger partial charge on any atom is 0.0450 e. The Morgan fingerprint density at radius 1 is 1.23 bits per heavy atom. The van der Waals surface area contributed by atoms with E-state index in [1.165, 1.54) is 41.8 Å². The number of hydrogen-bond donors (Lipinski definition) is 1. The van der Waals surface area contributed by atoms with E-state index in [-0.39, 0.29) is 0 Å². The van der Waals surface area contributed by atoms with Crippen LogP contribution in [0, 0.1) is 5.92 Å². The summed E-state index contributed by atoms with van der Waals surface area (Å²) >= 11 is 0. The quantitative estimate of drug-likeness (QED) is 0.730. The molecule has 2 nitrogen and oxygen atoms in total. The van der Waals surface area contributed by atoms with Crippen LogP contribution in [-0.2, 0) is 0 Å². The van der Waals surface area contributed by atoms with Gasteiger partial charge in [-0.25, -0.2) is 0 Å². The maximum absolute atomic E-state index is 5.90. The molecule has 0 amide bonds. The molecule has 3 aliphatic rings. The Balaban J connectivity index is 1.64. The lowest BCUT2D eigenvalue weighted by atomic mass is 9.80. The molecular weight excluding hydrogens is 316 g/mol. The number of fused-ring (bicyclic) bond motifs is 3. The van der Waals surface area contributed by atoms with Gasteiger partial charge in [0.25, 0.3) is 0 Å². The number of unbranched alkanes of at least 4 members (excludes halogenated alkanes) is 1. The van der Waals surface area contributed by atoms with Crippen LogP contribution >= 0.6 is 0 Å². The van der Waals surface area contributed by atoms with Gasteiger partial charge in [0.1, 0.15) is 0 Å². The van der Waals surface area contributed by atoms with E-state index in [1.807, 2.05) is 0 Å². The summed E-state index contributed by atoms with van der Waals surface area (Å²) < 4.78 is 0.